The molecule has 0 radical (unpaired) electrons. The van der Waals surface area contributed by atoms with Gasteiger partial charge in [-0.2, -0.15) is 0 Å². The van der Waals surface area contributed by atoms with Gasteiger partial charge < -0.3 is 25.7 Å². The first kappa shape index (κ1) is 27.5. The van der Waals surface area contributed by atoms with Gasteiger partial charge in [0.15, 0.2) is 16.5 Å². The average Bonchev–Trinajstić information content (AvgIpc) is 3.37. The SMILES string of the molecule is CCON=C(C(=O)NC1C(=O)N2C(C(=O)O)=C(O)C(Cc3ccc([N+](=O)[O-])cc3)S[C@H]12)c1csc(NC=O)n1. The van der Waals surface area contributed by atoms with E-state index >= 15 is 0 Å². The predicted molar refractivity (Wildman–Crippen MR) is 138 cm³/mol. The second-order valence-electron chi connectivity index (χ2n) is 8.00. The Morgan fingerprint density at radius 3 is 2.67 bits per heavy atom. The second kappa shape index (κ2) is 11.5. The quantitative estimate of drug-likeness (QED) is 0.0981. The van der Waals surface area contributed by atoms with Crippen LogP contribution >= 0.6 is 23.1 Å². The van der Waals surface area contributed by atoms with E-state index in [1.165, 1.54) is 29.6 Å². The van der Waals surface area contributed by atoms with Crippen LogP contribution in [0, 0.1) is 10.1 Å². The second-order valence-corrected chi connectivity index (χ2v) is 10.2. The molecule has 0 spiro atoms. The number of non-ortho nitro benzene ring substituents is 1. The summed E-state index contributed by atoms with van der Waals surface area (Å²) in [5.74, 6) is -3.64. The lowest BCUT2D eigenvalue weighted by Gasteiger charge is -2.50. The maximum Gasteiger partial charge on any atom is 0.356 e. The molecule has 0 aliphatic carbocycles. The van der Waals surface area contributed by atoms with Gasteiger partial charge in [0.05, 0.1) is 10.2 Å². The highest BCUT2D eigenvalue weighted by Crippen LogP contribution is 2.44. The molecular formula is C22H20N6O9S2. The number of aliphatic carboxylic acids is 1. The number of aromatic nitrogens is 1. The Kier molecular flexibility index (Phi) is 8.10. The number of aliphatic hydroxyl groups excluding tert-OH is 1. The molecule has 1 aromatic heterocycles. The number of rotatable bonds is 11. The van der Waals surface area contributed by atoms with E-state index in [2.05, 4.69) is 20.8 Å². The number of anilines is 1. The third-order valence-electron chi connectivity index (χ3n) is 5.62. The van der Waals surface area contributed by atoms with Crippen molar-refractivity contribution in [2.75, 3.05) is 11.9 Å². The number of carbonyl (C=O) groups is 4. The van der Waals surface area contributed by atoms with Crippen molar-refractivity contribution in [2.45, 2.75) is 30.0 Å². The topological polar surface area (TPSA) is 214 Å². The molecule has 3 heterocycles. The van der Waals surface area contributed by atoms with E-state index < -0.39 is 50.8 Å². The number of carbonyl (C=O) groups excluding carboxylic acids is 3. The molecule has 2 aliphatic rings. The highest BCUT2D eigenvalue weighted by Gasteiger charge is 2.56. The number of thioether (sulfide) groups is 1. The molecule has 39 heavy (non-hydrogen) atoms. The Morgan fingerprint density at radius 2 is 2.05 bits per heavy atom. The lowest BCUT2D eigenvalue weighted by atomic mass is 10.0. The van der Waals surface area contributed by atoms with Crippen LogP contribution in [0.1, 0.15) is 18.2 Å². The molecule has 15 nitrogen and oxygen atoms in total. The lowest BCUT2D eigenvalue weighted by molar-refractivity contribution is -0.384. The average molecular weight is 577 g/mol. The number of nitrogens with zero attached hydrogens (tertiary/aromatic N) is 4. The largest absolute Gasteiger partial charge is 0.509 e. The van der Waals surface area contributed by atoms with Gasteiger partial charge in [-0.15, -0.1) is 23.1 Å². The highest BCUT2D eigenvalue weighted by molar-refractivity contribution is 8.00. The number of aliphatic hydroxyl groups is 1. The van der Waals surface area contributed by atoms with Gasteiger partial charge in [0.25, 0.3) is 17.5 Å². The summed E-state index contributed by atoms with van der Waals surface area (Å²) in [5.41, 5.74) is -0.330. The van der Waals surface area contributed by atoms with Crippen molar-refractivity contribution in [3.8, 4) is 0 Å². The number of β-lactam (4-membered cyclic amide) rings is 1. The fourth-order valence-electron chi connectivity index (χ4n) is 3.85. The number of hydrogen-bond donors (Lipinski definition) is 4. The van der Waals surface area contributed by atoms with E-state index in [0.29, 0.717) is 12.0 Å². The van der Waals surface area contributed by atoms with Gasteiger partial charge in [-0.25, -0.2) is 9.78 Å². The van der Waals surface area contributed by atoms with Crippen LogP contribution in [-0.2, 0) is 30.4 Å². The Balaban J connectivity index is 1.56. The Labute approximate surface area is 227 Å². The number of nitro groups is 1. The van der Waals surface area contributed by atoms with Crippen molar-refractivity contribution in [3.63, 3.8) is 0 Å². The van der Waals surface area contributed by atoms with E-state index in [-0.39, 0.29) is 35.3 Å². The third-order valence-corrected chi connectivity index (χ3v) is 7.88. The van der Waals surface area contributed by atoms with E-state index in [1.54, 1.807) is 6.92 Å². The van der Waals surface area contributed by atoms with Gasteiger partial charge in [0.1, 0.15) is 29.5 Å². The van der Waals surface area contributed by atoms with Crippen LogP contribution in [0.25, 0.3) is 0 Å². The number of carboxylic acids is 1. The minimum atomic E-state index is -1.53. The molecule has 0 bridgehead atoms. The van der Waals surface area contributed by atoms with E-state index in [9.17, 15) is 39.5 Å². The van der Waals surface area contributed by atoms with Gasteiger partial charge in [0.2, 0.25) is 6.41 Å². The van der Waals surface area contributed by atoms with Crippen molar-refractivity contribution in [3.05, 3.63) is 62.5 Å². The van der Waals surface area contributed by atoms with Gasteiger partial charge in [-0.3, -0.25) is 29.4 Å². The van der Waals surface area contributed by atoms with Crippen LogP contribution in [0.5, 0.6) is 0 Å². The molecule has 1 fully saturated rings. The van der Waals surface area contributed by atoms with Crippen LogP contribution in [0.15, 0.2) is 46.3 Å². The van der Waals surface area contributed by atoms with Crippen molar-refractivity contribution >= 4 is 63.8 Å². The van der Waals surface area contributed by atoms with E-state index in [1.807, 2.05) is 0 Å². The standard InChI is InChI=1S/C22H20N6O9S2/c1-2-37-26-14(12-8-38-22(24-12)23-9-29)18(31)25-15-19(32)27-16(21(33)34)17(30)13(39-20(15)27)7-10-3-5-11(6-4-10)28(35)36/h3-6,8-9,13,15,20,30H,2,7H2,1H3,(H,25,31)(H,33,34)(H,23,24,29)/t13?,15?,20-/m1/s1. The molecule has 204 valence electrons. The molecule has 2 aliphatic heterocycles. The fraction of sp³-hybridized carbons (Fsp3) is 0.273. The zero-order chi connectivity index (χ0) is 28.3. The normalized spacial score (nSPS) is 20.5. The van der Waals surface area contributed by atoms with Crippen molar-refractivity contribution < 1.29 is 39.2 Å². The Morgan fingerprint density at radius 1 is 1.33 bits per heavy atom. The van der Waals surface area contributed by atoms with Gasteiger partial charge in [-0.05, 0) is 18.9 Å². The van der Waals surface area contributed by atoms with Crippen LogP contribution in [-0.4, -0.2) is 78.2 Å². The monoisotopic (exact) mass is 576 g/mol. The van der Waals surface area contributed by atoms with Crippen LogP contribution in [0.4, 0.5) is 10.8 Å². The van der Waals surface area contributed by atoms with Crippen LogP contribution < -0.4 is 10.6 Å². The summed E-state index contributed by atoms with van der Waals surface area (Å²) < 4.78 is 0. The first-order valence-electron chi connectivity index (χ1n) is 11.2. The predicted octanol–water partition coefficient (Wildman–Crippen LogP) is 1.23. The number of fused-ring (bicyclic) bond motifs is 1. The van der Waals surface area contributed by atoms with Crippen molar-refractivity contribution in [2.24, 2.45) is 5.16 Å². The van der Waals surface area contributed by atoms with Crippen molar-refractivity contribution in [1.29, 1.82) is 0 Å². The summed E-state index contributed by atoms with van der Waals surface area (Å²) in [5, 5.41) is 40.0. The van der Waals surface area contributed by atoms with Gasteiger partial charge in [0, 0.05) is 17.5 Å². The molecule has 4 N–H and O–H groups in total. The van der Waals surface area contributed by atoms with E-state index in [4.69, 9.17) is 4.84 Å². The number of carboxylic acid groups (broad SMARTS) is 1. The number of nitro benzene ring substituents is 1. The molecule has 3 atom stereocenters. The maximum atomic E-state index is 13.1. The zero-order valence-corrected chi connectivity index (χ0v) is 21.6. The molecular weight excluding hydrogens is 556 g/mol. The number of benzene rings is 1. The molecule has 2 unspecified atom stereocenters. The molecule has 3 amide bonds. The molecule has 2 aromatic rings. The highest BCUT2D eigenvalue weighted by atomic mass is 32.2. The lowest BCUT2D eigenvalue weighted by Crippen LogP contribution is -2.71. The number of hydrogen-bond acceptors (Lipinski definition) is 12. The number of thiazole rings is 1. The first-order chi connectivity index (χ1) is 18.7. The summed E-state index contributed by atoms with van der Waals surface area (Å²) in [6.45, 7) is 1.77. The molecule has 4 rings (SSSR count). The number of nitrogens with one attached hydrogen (secondary N) is 2. The number of amides is 3. The Bertz CT molecular complexity index is 1390. The van der Waals surface area contributed by atoms with Gasteiger partial charge in [-0.1, -0.05) is 17.3 Å². The summed E-state index contributed by atoms with van der Waals surface area (Å²) >= 11 is 2.09. The summed E-state index contributed by atoms with van der Waals surface area (Å²) in [4.78, 5) is 69.0. The summed E-state index contributed by atoms with van der Waals surface area (Å²) in [6.07, 6.45) is 0.521. The molecule has 17 heteroatoms. The molecule has 1 saturated heterocycles. The fourth-order valence-corrected chi connectivity index (χ4v) is 6.04. The first-order valence-corrected chi connectivity index (χ1v) is 13.0. The number of oxime groups is 1. The Hall–Kier alpha value is -4.51. The third kappa shape index (κ3) is 5.53. The molecule has 0 saturated carbocycles. The maximum absolute atomic E-state index is 13.1. The smallest absolute Gasteiger partial charge is 0.356 e. The summed E-state index contributed by atoms with van der Waals surface area (Å²) in [6, 6.07) is 4.39. The van der Waals surface area contributed by atoms with Crippen molar-refractivity contribution in [1.82, 2.24) is 15.2 Å². The minimum absolute atomic E-state index is 0.0787. The van der Waals surface area contributed by atoms with Gasteiger partial charge >= 0.3 is 5.97 Å². The van der Waals surface area contributed by atoms with Crippen LogP contribution in [0.3, 0.4) is 0 Å². The molecule has 1 aromatic carbocycles. The minimum Gasteiger partial charge on any atom is -0.509 e. The van der Waals surface area contributed by atoms with E-state index in [0.717, 1.165) is 28.0 Å². The van der Waals surface area contributed by atoms with Crippen LogP contribution in [0.2, 0.25) is 0 Å². The zero-order valence-electron chi connectivity index (χ0n) is 20.0. The summed E-state index contributed by atoms with van der Waals surface area (Å²) in [7, 11) is 0.